The van der Waals surface area contributed by atoms with Crippen LogP contribution in [-0.4, -0.2) is 17.7 Å². The highest BCUT2D eigenvalue weighted by atomic mass is 16.6. The van der Waals surface area contributed by atoms with Crippen LogP contribution in [0.2, 0.25) is 0 Å². The first-order valence-electron chi connectivity index (χ1n) is 5.15. The number of esters is 2. The molecule has 4 nitrogen and oxygen atoms in total. The maximum Gasteiger partial charge on any atom is 0.382 e. The van der Waals surface area contributed by atoms with Crippen LogP contribution in [0.5, 0.6) is 0 Å². The van der Waals surface area contributed by atoms with Gasteiger partial charge in [0.2, 0.25) is 5.78 Å². The molecule has 0 saturated carbocycles. The molecule has 1 aliphatic rings. The molecule has 16 heavy (non-hydrogen) atoms. The summed E-state index contributed by atoms with van der Waals surface area (Å²) < 4.78 is 4.33. The average Bonchev–Trinajstić information content (AvgIpc) is 2.40. The molecule has 1 aliphatic carbocycles. The van der Waals surface area contributed by atoms with Gasteiger partial charge >= 0.3 is 11.9 Å². The van der Waals surface area contributed by atoms with Crippen molar-refractivity contribution in [3.05, 3.63) is 12.2 Å². The molecule has 0 N–H and O–H groups in total. The summed E-state index contributed by atoms with van der Waals surface area (Å²) in [6.07, 6.45) is 4.27. The van der Waals surface area contributed by atoms with Crippen molar-refractivity contribution in [3.63, 3.8) is 0 Å². The van der Waals surface area contributed by atoms with Crippen molar-refractivity contribution in [3.8, 4) is 0 Å². The third-order valence-electron chi connectivity index (χ3n) is 3.41. The molecule has 0 aliphatic heterocycles. The van der Waals surface area contributed by atoms with Crippen LogP contribution in [0.3, 0.4) is 0 Å². The SMILES string of the molecule is CC(=O)OC(=O)C(=O)[C@@]1(C)CC=CC1(C)C. The van der Waals surface area contributed by atoms with E-state index in [1.807, 2.05) is 26.0 Å². The van der Waals surface area contributed by atoms with Crippen LogP contribution >= 0.6 is 0 Å². The summed E-state index contributed by atoms with van der Waals surface area (Å²) >= 11 is 0. The fraction of sp³-hybridized carbons (Fsp3) is 0.583. The molecule has 0 aromatic heterocycles. The van der Waals surface area contributed by atoms with Gasteiger partial charge in [0.15, 0.2) is 0 Å². The lowest BCUT2D eigenvalue weighted by atomic mass is 9.66. The van der Waals surface area contributed by atoms with Gasteiger partial charge in [-0.25, -0.2) is 4.79 Å². The van der Waals surface area contributed by atoms with Crippen LogP contribution in [0.1, 0.15) is 34.1 Å². The Morgan fingerprint density at radius 1 is 1.19 bits per heavy atom. The Morgan fingerprint density at radius 2 is 1.75 bits per heavy atom. The van der Waals surface area contributed by atoms with Crippen LogP contribution in [0, 0.1) is 10.8 Å². The molecule has 0 bridgehead atoms. The molecule has 0 unspecified atom stereocenters. The molecule has 4 heteroatoms. The second-order valence-corrected chi connectivity index (χ2v) is 4.87. The molecule has 1 atom stereocenters. The summed E-state index contributed by atoms with van der Waals surface area (Å²) in [5.41, 5.74) is -1.22. The zero-order valence-corrected chi connectivity index (χ0v) is 9.99. The minimum Gasteiger partial charge on any atom is -0.387 e. The third-order valence-corrected chi connectivity index (χ3v) is 3.41. The van der Waals surface area contributed by atoms with E-state index in [4.69, 9.17) is 0 Å². The summed E-state index contributed by atoms with van der Waals surface area (Å²) in [5, 5.41) is 0. The van der Waals surface area contributed by atoms with Crippen molar-refractivity contribution in [1.29, 1.82) is 0 Å². The van der Waals surface area contributed by atoms with Gasteiger partial charge in [-0.05, 0) is 11.8 Å². The Kier molecular flexibility index (Phi) is 3.03. The Morgan fingerprint density at radius 3 is 2.12 bits per heavy atom. The van der Waals surface area contributed by atoms with Gasteiger partial charge in [0.1, 0.15) is 0 Å². The van der Waals surface area contributed by atoms with Gasteiger partial charge in [-0.15, -0.1) is 0 Å². The minimum absolute atomic E-state index is 0.403. The first-order valence-corrected chi connectivity index (χ1v) is 5.15. The summed E-state index contributed by atoms with van der Waals surface area (Å²) in [7, 11) is 0. The Hall–Kier alpha value is -1.45. The van der Waals surface area contributed by atoms with Crippen molar-refractivity contribution in [2.45, 2.75) is 34.1 Å². The molecule has 0 aromatic rings. The number of ether oxygens (including phenoxy) is 1. The van der Waals surface area contributed by atoms with Crippen molar-refractivity contribution in [2.75, 3.05) is 0 Å². The van der Waals surface area contributed by atoms with E-state index in [1.54, 1.807) is 6.92 Å². The van der Waals surface area contributed by atoms with Gasteiger partial charge in [0.05, 0.1) is 0 Å². The highest BCUT2D eigenvalue weighted by molar-refractivity contribution is 6.37. The van der Waals surface area contributed by atoms with Crippen LogP contribution in [0.15, 0.2) is 12.2 Å². The van der Waals surface area contributed by atoms with E-state index in [0.717, 1.165) is 6.92 Å². The van der Waals surface area contributed by atoms with E-state index in [1.165, 1.54) is 0 Å². The Bertz CT molecular complexity index is 378. The largest absolute Gasteiger partial charge is 0.387 e. The van der Waals surface area contributed by atoms with Gasteiger partial charge in [-0.1, -0.05) is 32.9 Å². The number of rotatable bonds is 2. The van der Waals surface area contributed by atoms with Crippen LogP contribution < -0.4 is 0 Å². The molecular formula is C12H16O4. The smallest absolute Gasteiger partial charge is 0.382 e. The summed E-state index contributed by atoms with van der Waals surface area (Å²) in [6, 6.07) is 0. The number of hydrogen-bond acceptors (Lipinski definition) is 4. The lowest BCUT2D eigenvalue weighted by Crippen LogP contribution is -2.43. The Balaban J connectivity index is 2.90. The molecule has 0 spiro atoms. The average molecular weight is 224 g/mol. The second kappa shape index (κ2) is 3.85. The quantitative estimate of drug-likeness (QED) is 0.309. The molecule has 88 valence electrons. The molecule has 0 radical (unpaired) electrons. The molecule has 1 rings (SSSR count). The molecule has 0 amide bonds. The zero-order valence-electron chi connectivity index (χ0n) is 9.99. The van der Waals surface area contributed by atoms with Gasteiger partial charge in [0, 0.05) is 12.3 Å². The first kappa shape index (κ1) is 12.6. The standard InChI is InChI=1S/C12H16O4/c1-8(13)16-10(15)9(14)12(4)7-5-6-11(12,2)3/h5-6H,7H2,1-4H3/t12-/m1/s1. The summed E-state index contributed by atoms with van der Waals surface area (Å²) in [4.78, 5) is 34.0. The molecule has 0 saturated heterocycles. The van der Waals surface area contributed by atoms with Gasteiger partial charge in [-0.2, -0.15) is 0 Å². The van der Waals surface area contributed by atoms with E-state index in [2.05, 4.69) is 4.74 Å². The third kappa shape index (κ3) is 1.92. The maximum atomic E-state index is 12.0. The van der Waals surface area contributed by atoms with Crippen molar-refractivity contribution in [1.82, 2.24) is 0 Å². The molecule has 0 aromatic carbocycles. The van der Waals surface area contributed by atoms with Crippen molar-refractivity contribution >= 4 is 17.7 Å². The van der Waals surface area contributed by atoms with Gasteiger partial charge in [-0.3, -0.25) is 9.59 Å². The van der Waals surface area contributed by atoms with E-state index in [0.29, 0.717) is 6.42 Å². The number of hydrogen-bond donors (Lipinski definition) is 0. The number of allylic oxidation sites excluding steroid dienone is 2. The van der Waals surface area contributed by atoms with E-state index < -0.39 is 28.6 Å². The fourth-order valence-corrected chi connectivity index (χ4v) is 1.82. The Labute approximate surface area is 94.7 Å². The van der Waals surface area contributed by atoms with Crippen molar-refractivity contribution in [2.24, 2.45) is 10.8 Å². The predicted octanol–water partition coefficient (Wildman–Crippen LogP) is 1.64. The topological polar surface area (TPSA) is 60.4 Å². The van der Waals surface area contributed by atoms with E-state index >= 15 is 0 Å². The van der Waals surface area contributed by atoms with E-state index in [-0.39, 0.29) is 0 Å². The lowest BCUT2D eigenvalue weighted by molar-refractivity contribution is -0.167. The number of carbonyl (C=O) groups is 3. The predicted molar refractivity (Wildman–Crippen MR) is 57.4 cm³/mol. The lowest BCUT2D eigenvalue weighted by Gasteiger charge is -2.35. The normalized spacial score (nSPS) is 26.5. The maximum absolute atomic E-state index is 12.0. The van der Waals surface area contributed by atoms with Crippen LogP contribution in [-0.2, 0) is 19.1 Å². The summed E-state index contributed by atoms with van der Waals surface area (Å²) in [5.74, 6) is -2.46. The molecule has 0 heterocycles. The first-order chi connectivity index (χ1) is 7.21. The second-order valence-electron chi connectivity index (χ2n) is 4.87. The number of carbonyl (C=O) groups excluding carboxylic acids is 3. The minimum atomic E-state index is -1.06. The highest BCUT2D eigenvalue weighted by Gasteiger charge is 2.50. The zero-order chi connectivity index (χ0) is 12.6. The monoisotopic (exact) mass is 224 g/mol. The van der Waals surface area contributed by atoms with Gasteiger partial charge < -0.3 is 4.74 Å². The molecule has 0 fully saturated rings. The fourth-order valence-electron chi connectivity index (χ4n) is 1.82. The van der Waals surface area contributed by atoms with Crippen LogP contribution in [0.4, 0.5) is 0 Å². The highest BCUT2D eigenvalue weighted by Crippen LogP contribution is 2.48. The van der Waals surface area contributed by atoms with Crippen LogP contribution in [0.25, 0.3) is 0 Å². The van der Waals surface area contributed by atoms with Crippen molar-refractivity contribution < 1.29 is 19.1 Å². The number of Topliss-reactive ketones (excluding diaryl/α,β-unsaturated/α-hetero) is 1. The summed E-state index contributed by atoms with van der Waals surface area (Å²) in [6.45, 7) is 6.59. The van der Waals surface area contributed by atoms with E-state index in [9.17, 15) is 14.4 Å². The number of ketones is 1. The molecular weight excluding hydrogens is 208 g/mol. The van der Waals surface area contributed by atoms with Gasteiger partial charge in [0.25, 0.3) is 0 Å².